The van der Waals surface area contributed by atoms with Crippen molar-refractivity contribution >= 4 is 5.78 Å². The number of piperazine rings is 1. The number of hydrogen-bond donors (Lipinski definition) is 1. The highest BCUT2D eigenvalue weighted by Crippen LogP contribution is 2.53. The predicted octanol–water partition coefficient (Wildman–Crippen LogP) is 3.20. The highest BCUT2D eigenvalue weighted by Gasteiger charge is 2.63. The summed E-state index contributed by atoms with van der Waals surface area (Å²) in [7, 11) is 0. The SMILES string of the molecule is CCc1ccccc1C1CN(C2C(C)(C)C(=O)C2(C)C)CCN1. The molecule has 3 heteroatoms. The number of benzene rings is 1. The number of aryl methyl sites for hydroxylation is 1. The maximum atomic E-state index is 12.5. The molecule has 0 aromatic heterocycles. The molecular weight excluding hydrogens is 284 g/mol. The molecule has 1 saturated carbocycles. The maximum absolute atomic E-state index is 12.5. The van der Waals surface area contributed by atoms with Crippen molar-refractivity contribution < 1.29 is 4.79 Å². The molecule has 3 rings (SSSR count). The van der Waals surface area contributed by atoms with Crippen molar-refractivity contribution in [2.24, 2.45) is 10.8 Å². The van der Waals surface area contributed by atoms with Gasteiger partial charge in [0.25, 0.3) is 0 Å². The zero-order valence-electron chi connectivity index (χ0n) is 15.1. The van der Waals surface area contributed by atoms with Crippen LogP contribution in [0, 0.1) is 10.8 Å². The van der Waals surface area contributed by atoms with Crippen LogP contribution < -0.4 is 5.32 Å². The molecule has 0 spiro atoms. The maximum Gasteiger partial charge on any atom is 0.147 e. The van der Waals surface area contributed by atoms with Crippen LogP contribution in [0.2, 0.25) is 0 Å². The summed E-state index contributed by atoms with van der Waals surface area (Å²) >= 11 is 0. The lowest BCUT2D eigenvalue weighted by atomic mass is 9.50. The van der Waals surface area contributed by atoms with Gasteiger partial charge in [-0.15, -0.1) is 0 Å². The molecule has 1 aliphatic carbocycles. The average Bonchev–Trinajstić information content (AvgIpc) is 2.54. The van der Waals surface area contributed by atoms with Crippen LogP contribution in [0.4, 0.5) is 0 Å². The Morgan fingerprint density at radius 1 is 1.17 bits per heavy atom. The molecule has 23 heavy (non-hydrogen) atoms. The van der Waals surface area contributed by atoms with Crippen LogP contribution in [-0.4, -0.2) is 36.4 Å². The lowest BCUT2D eigenvalue weighted by Crippen LogP contribution is -2.72. The van der Waals surface area contributed by atoms with Crippen molar-refractivity contribution in [1.82, 2.24) is 10.2 Å². The third-order valence-corrected chi connectivity index (χ3v) is 5.92. The molecule has 3 nitrogen and oxygen atoms in total. The van der Waals surface area contributed by atoms with Gasteiger partial charge in [-0.2, -0.15) is 0 Å². The van der Waals surface area contributed by atoms with E-state index >= 15 is 0 Å². The number of carbonyl (C=O) groups excluding carboxylic acids is 1. The van der Waals surface area contributed by atoms with E-state index in [0.29, 0.717) is 17.9 Å². The number of nitrogens with zero attached hydrogens (tertiary/aromatic N) is 1. The lowest BCUT2D eigenvalue weighted by Gasteiger charge is -2.60. The Balaban J connectivity index is 1.83. The van der Waals surface area contributed by atoms with Crippen LogP contribution in [0.3, 0.4) is 0 Å². The van der Waals surface area contributed by atoms with Crippen molar-refractivity contribution in [2.45, 2.75) is 53.1 Å². The lowest BCUT2D eigenvalue weighted by molar-refractivity contribution is -0.172. The molecule has 2 aliphatic rings. The molecule has 1 atom stereocenters. The molecule has 1 saturated heterocycles. The van der Waals surface area contributed by atoms with Gasteiger partial charge in [-0.1, -0.05) is 58.9 Å². The van der Waals surface area contributed by atoms with Gasteiger partial charge in [0, 0.05) is 42.5 Å². The van der Waals surface area contributed by atoms with Gasteiger partial charge in [0.1, 0.15) is 5.78 Å². The standard InChI is InChI=1S/C20H30N2O/c1-6-14-9-7-8-10-15(14)16-13-22(12-11-21-16)17-19(2,3)18(23)20(17,4)5/h7-10,16-17,21H,6,11-13H2,1-5H3. The fraction of sp³-hybridized carbons (Fsp3) is 0.650. The van der Waals surface area contributed by atoms with E-state index in [9.17, 15) is 4.79 Å². The summed E-state index contributed by atoms with van der Waals surface area (Å²) in [6.07, 6.45) is 1.06. The van der Waals surface area contributed by atoms with Crippen LogP contribution >= 0.6 is 0 Å². The van der Waals surface area contributed by atoms with Crippen LogP contribution in [-0.2, 0) is 11.2 Å². The van der Waals surface area contributed by atoms with Gasteiger partial charge in [-0.25, -0.2) is 0 Å². The minimum absolute atomic E-state index is 0.227. The van der Waals surface area contributed by atoms with Crippen LogP contribution in [0.5, 0.6) is 0 Å². The Bertz CT molecular complexity index is 587. The van der Waals surface area contributed by atoms with Crippen LogP contribution in [0.15, 0.2) is 24.3 Å². The topological polar surface area (TPSA) is 32.3 Å². The highest BCUT2D eigenvalue weighted by atomic mass is 16.1. The number of rotatable bonds is 3. The first kappa shape index (κ1) is 16.7. The third kappa shape index (κ3) is 2.54. The molecule has 1 heterocycles. The summed E-state index contributed by atoms with van der Waals surface area (Å²) in [5.74, 6) is 0.402. The van der Waals surface area contributed by atoms with Crippen LogP contribution in [0.1, 0.15) is 51.8 Å². The van der Waals surface area contributed by atoms with E-state index in [1.54, 1.807) is 0 Å². The molecule has 0 radical (unpaired) electrons. The fourth-order valence-corrected chi connectivity index (χ4v) is 5.23. The quantitative estimate of drug-likeness (QED) is 0.930. The zero-order valence-corrected chi connectivity index (χ0v) is 15.1. The normalized spacial score (nSPS) is 27.7. The minimum atomic E-state index is -0.227. The largest absolute Gasteiger partial charge is 0.308 e. The molecule has 1 N–H and O–H groups in total. The Morgan fingerprint density at radius 2 is 1.83 bits per heavy atom. The molecular formula is C20H30N2O. The summed E-state index contributed by atoms with van der Waals surface area (Å²) in [6.45, 7) is 13.7. The third-order valence-electron chi connectivity index (χ3n) is 5.92. The molecule has 1 aliphatic heterocycles. The number of carbonyl (C=O) groups is 1. The van der Waals surface area contributed by atoms with Crippen LogP contribution in [0.25, 0.3) is 0 Å². The summed E-state index contributed by atoms with van der Waals surface area (Å²) in [4.78, 5) is 15.0. The van der Waals surface area contributed by atoms with Gasteiger partial charge in [0.2, 0.25) is 0 Å². The van der Waals surface area contributed by atoms with Gasteiger partial charge < -0.3 is 5.32 Å². The first-order chi connectivity index (χ1) is 10.8. The Kier molecular flexibility index (Phi) is 4.14. The van der Waals surface area contributed by atoms with E-state index in [1.807, 2.05) is 0 Å². The molecule has 1 aromatic carbocycles. The first-order valence-electron chi connectivity index (χ1n) is 8.90. The zero-order chi connectivity index (χ0) is 16.8. The number of ketones is 1. The summed E-state index contributed by atoms with van der Waals surface area (Å²) < 4.78 is 0. The Morgan fingerprint density at radius 3 is 2.48 bits per heavy atom. The first-order valence-corrected chi connectivity index (χ1v) is 8.90. The monoisotopic (exact) mass is 314 g/mol. The van der Waals surface area contributed by atoms with E-state index in [-0.39, 0.29) is 10.8 Å². The van der Waals surface area contributed by atoms with Gasteiger partial charge in [-0.05, 0) is 17.5 Å². The predicted molar refractivity (Wildman–Crippen MR) is 94.5 cm³/mol. The number of Topliss-reactive ketones (excluding diaryl/α,β-unsaturated/α-hetero) is 1. The summed E-state index contributed by atoms with van der Waals surface area (Å²) in [5.41, 5.74) is 2.39. The number of nitrogens with one attached hydrogen (secondary N) is 1. The molecule has 0 bridgehead atoms. The van der Waals surface area contributed by atoms with E-state index < -0.39 is 0 Å². The number of hydrogen-bond acceptors (Lipinski definition) is 3. The fourth-order valence-electron chi connectivity index (χ4n) is 5.23. The van der Waals surface area contributed by atoms with Gasteiger partial charge in [0.15, 0.2) is 0 Å². The highest BCUT2D eigenvalue weighted by molar-refractivity contribution is 5.97. The molecule has 126 valence electrons. The van der Waals surface area contributed by atoms with Crippen molar-refractivity contribution in [3.05, 3.63) is 35.4 Å². The van der Waals surface area contributed by atoms with Crippen molar-refractivity contribution in [1.29, 1.82) is 0 Å². The smallest absolute Gasteiger partial charge is 0.147 e. The summed E-state index contributed by atoms with van der Waals surface area (Å²) in [5, 5.41) is 3.68. The van der Waals surface area contributed by atoms with Crippen molar-refractivity contribution in [3.63, 3.8) is 0 Å². The second kappa shape index (κ2) is 5.71. The van der Waals surface area contributed by atoms with Crippen molar-refractivity contribution in [3.8, 4) is 0 Å². The second-order valence-corrected chi connectivity index (χ2v) is 8.23. The van der Waals surface area contributed by atoms with Crippen molar-refractivity contribution in [2.75, 3.05) is 19.6 Å². The van der Waals surface area contributed by atoms with E-state index in [2.05, 4.69) is 69.1 Å². The molecule has 2 fully saturated rings. The molecule has 0 amide bonds. The second-order valence-electron chi connectivity index (χ2n) is 8.23. The average molecular weight is 314 g/mol. The molecule has 1 unspecified atom stereocenters. The Labute approximate surface area is 140 Å². The van der Waals surface area contributed by atoms with Gasteiger partial charge in [-0.3, -0.25) is 9.69 Å². The van der Waals surface area contributed by atoms with E-state index in [0.717, 1.165) is 26.1 Å². The minimum Gasteiger partial charge on any atom is -0.308 e. The summed E-state index contributed by atoms with van der Waals surface area (Å²) in [6, 6.07) is 9.44. The van der Waals surface area contributed by atoms with Gasteiger partial charge in [0.05, 0.1) is 0 Å². The van der Waals surface area contributed by atoms with E-state index in [1.165, 1.54) is 11.1 Å². The van der Waals surface area contributed by atoms with E-state index in [4.69, 9.17) is 0 Å². The molecule has 1 aromatic rings. The van der Waals surface area contributed by atoms with Gasteiger partial charge >= 0.3 is 0 Å². The Hall–Kier alpha value is -1.19.